The molecule has 0 radical (unpaired) electrons. The van der Waals surface area contributed by atoms with Crippen LogP contribution in [-0.2, 0) is 4.74 Å². The molecule has 1 nitrogen and oxygen atoms in total. The van der Waals surface area contributed by atoms with Crippen LogP contribution in [0.25, 0.3) is 0 Å². The van der Waals surface area contributed by atoms with Crippen molar-refractivity contribution >= 4 is 0 Å². The molecule has 4 unspecified atom stereocenters. The third-order valence-electron chi connectivity index (χ3n) is 5.74. The molecule has 0 spiro atoms. The van der Waals surface area contributed by atoms with E-state index in [0.29, 0.717) is 11.3 Å². The van der Waals surface area contributed by atoms with Crippen LogP contribution in [-0.4, -0.2) is 6.61 Å². The Morgan fingerprint density at radius 1 is 1.40 bits per heavy atom. The van der Waals surface area contributed by atoms with Crippen molar-refractivity contribution in [2.24, 2.45) is 23.2 Å². The zero-order valence-corrected chi connectivity index (χ0v) is 13.2. The molecule has 110 valence electrons. The Bertz CT molecular complexity index is 456. The van der Waals surface area contributed by atoms with Gasteiger partial charge in [0, 0.05) is 12.3 Å². The molecule has 1 heteroatoms. The van der Waals surface area contributed by atoms with Crippen LogP contribution in [0.3, 0.4) is 0 Å². The van der Waals surface area contributed by atoms with Gasteiger partial charge in [-0.05, 0) is 48.2 Å². The first-order chi connectivity index (χ1) is 9.65. The molecule has 3 rings (SSSR count). The van der Waals surface area contributed by atoms with Crippen LogP contribution in [0.4, 0.5) is 0 Å². The average molecular weight is 272 g/mol. The third-order valence-corrected chi connectivity index (χ3v) is 5.74. The fourth-order valence-corrected chi connectivity index (χ4v) is 4.52. The molecule has 0 bridgehead atoms. The monoisotopic (exact) mass is 272 g/mol. The van der Waals surface area contributed by atoms with E-state index in [1.54, 1.807) is 5.57 Å². The largest absolute Gasteiger partial charge is 0.497 e. The molecule has 1 aliphatic heterocycles. The van der Waals surface area contributed by atoms with Gasteiger partial charge in [-0.3, -0.25) is 0 Å². The molecule has 0 N–H and O–H groups in total. The second-order valence-corrected chi connectivity index (χ2v) is 7.04. The summed E-state index contributed by atoms with van der Waals surface area (Å²) in [5.41, 5.74) is 1.96. The minimum atomic E-state index is 0.389. The lowest BCUT2D eigenvalue weighted by atomic mass is 9.57. The highest BCUT2D eigenvalue weighted by Crippen LogP contribution is 2.53. The minimum Gasteiger partial charge on any atom is -0.497 e. The molecule has 0 aromatic heterocycles. The first kappa shape index (κ1) is 14.0. The number of fused-ring (bicyclic) bond motifs is 1. The van der Waals surface area contributed by atoms with Gasteiger partial charge >= 0.3 is 0 Å². The molecule has 0 saturated carbocycles. The van der Waals surface area contributed by atoms with Gasteiger partial charge in [-0.2, -0.15) is 0 Å². The second-order valence-electron chi connectivity index (χ2n) is 7.04. The van der Waals surface area contributed by atoms with Gasteiger partial charge in [0.2, 0.25) is 0 Å². The Morgan fingerprint density at radius 3 is 2.95 bits per heavy atom. The quantitative estimate of drug-likeness (QED) is 0.681. The molecule has 2 aliphatic carbocycles. The van der Waals surface area contributed by atoms with E-state index in [1.165, 1.54) is 31.4 Å². The predicted molar refractivity (Wildman–Crippen MR) is 84.3 cm³/mol. The van der Waals surface area contributed by atoms with E-state index < -0.39 is 0 Å². The van der Waals surface area contributed by atoms with Gasteiger partial charge in [-0.1, -0.05) is 45.4 Å². The maximum Gasteiger partial charge on any atom is 0.0990 e. The minimum absolute atomic E-state index is 0.389. The Hall–Kier alpha value is -0.980. The normalized spacial score (nSPS) is 39.9. The summed E-state index contributed by atoms with van der Waals surface area (Å²) in [7, 11) is 0. The van der Waals surface area contributed by atoms with Crippen LogP contribution < -0.4 is 0 Å². The summed E-state index contributed by atoms with van der Waals surface area (Å²) in [6.07, 6.45) is 15.9. The van der Waals surface area contributed by atoms with E-state index in [2.05, 4.69) is 45.1 Å². The zero-order chi connectivity index (χ0) is 14.2. The highest BCUT2D eigenvalue weighted by atomic mass is 16.5. The van der Waals surface area contributed by atoms with Crippen LogP contribution in [0.15, 0.2) is 35.6 Å². The van der Waals surface area contributed by atoms with E-state index in [4.69, 9.17) is 4.74 Å². The highest BCUT2D eigenvalue weighted by Gasteiger charge is 2.43. The number of allylic oxidation sites excluding steroid dienone is 4. The van der Waals surface area contributed by atoms with Crippen molar-refractivity contribution in [3.05, 3.63) is 35.6 Å². The molecule has 20 heavy (non-hydrogen) atoms. The van der Waals surface area contributed by atoms with Gasteiger partial charge in [0.25, 0.3) is 0 Å². The fraction of sp³-hybridized carbons (Fsp3) is 0.684. The van der Waals surface area contributed by atoms with E-state index in [0.717, 1.165) is 24.9 Å². The standard InChI is InChI=1S/C19H28O/c1-4-6-17-14(2)8-9-16-13-15(10-11-19(16,17)3)18-7-5-12-20-18/h7-9,13-15,17H,4-6,10-12H2,1-3H3. The molecule has 3 aliphatic rings. The Labute approximate surface area is 123 Å². The molecule has 0 fully saturated rings. The van der Waals surface area contributed by atoms with Crippen LogP contribution in [0.5, 0.6) is 0 Å². The van der Waals surface area contributed by atoms with E-state index in [-0.39, 0.29) is 0 Å². The predicted octanol–water partition coefficient (Wildman–Crippen LogP) is 5.26. The van der Waals surface area contributed by atoms with Crippen LogP contribution in [0, 0.1) is 23.2 Å². The molecule has 4 atom stereocenters. The molecule has 1 heterocycles. The van der Waals surface area contributed by atoms with Gasteiger partial charge in [-0.15, -0.1) is 0 Å². The van der Waals surface area contributed by atoms with Gasteiger partial charge < -0.3 is 4.74 Å². The number of hydrogen-bond donors (Lipinski definition) is 0. The van der Waals surface area contributed by atoms with Crippen molar-refractivity contribution in [1.82, 2.24) is 0 Å². The van der Waals surface area contributed by atoms with Crippen LogP contribution in [0.1, 0.15) is 52.9 Å². The lowest BCUT2D eigenvalue weighted by Crippen LogP contribution is -2.38. The Kier molecular flexibility index (Phi) is 3.79. The molecule has 0 aromatic carbocycles. The molecule has 0 saturated heterocycles. The SMILES string of the molecule is CCCC1C(C)C=CC2=CC(C3=CCCO3)CCC21C. The van der Waals surface area contributed by atoms with Gasteiger partial charge in [0.05, 0.1) is 12.4 Å². The van der Waals surface area contributed by atoms with Crippen LogP contribution in [0.2, 0.25) is 0 Å². The van der Waals surface area contributed by atoms with Crippen molar-refractivity contribution in [3.63, 3.8) is 0 Å². The summed E-state index contributed by atoms with van der Waals surface area (Å²) in [6, 6.07) is 0. The molecule has 0 aromatic rings. The van der Waals surface area contributed by atoms with Gasteiger partial charge in [0.1, 0.15) is 0 Å². The lowest BCUT2D eigenvalue weighted by molar-refractivity contribution is 0.132. The van der Waals surface area contributed by atoms with Crippen molar-refractivity contribution < 1.29 is 4.74 Å². The molecular weight excluding hydrogens is 244 g/mol. The lowest BCUT2D eigenvalue weighted by Gasteiger charge is -2.47. The number of ether oxygens (including phenoxy) is 1. The topological polar surface area (TPSA) is 9.23 Å². The van der Waals surface area contributed by atoms with Crippen molar-refractivity contribution in [3.8, 4) is 0 Å². The Balaban J connectivity index is 1.89. The smallest absolute Gasteiger partial charge is 0.0990 e. The summed E-state index contributed by atoms with van der Waals surface area (Å²) in [5.74, 6) is 3.29. The summed E-state index contributed by atoms with van der Waals surface area (Å²) in [6.45, 7) is 8.10. The third kappa shape index (κ3) is 2.25. The van der Waals surface area contributed by atoms with E-state index in [1.807, 2.05) is 0 Å². The van der Waals surface area contributed by atoms with Crippen molar-refractivity contribution in [1.29, 1.82) is 0 Å². The summed E-state index contributed by atoms with van der Waals surface area (Å²) < 4.78 is 5.79. The van der Waals surface area contributed by atoms with E-state index >= 15 is 0 Å². The molecule has 0 amide bonds. The maximum atomic E-state index is 5.79. The molecular formula is C19H28O. The summed E-state index contributed by atoms with van der Waals surface area (Å²) in [5, 5.41) is 0. The first-order valence-electron chi connectivity index (χ1n) is 8.38. The number of hydrogen-bond acceptors (Lipinski definition) is 1. The van der Waals surface area contributed by atoms with Gasteiger partial charge in [-0.25, -0.2) is 0 Å². The van der Waals surface area contributed by atoms with Crippen molar-refractivity contribution in [2.75, 3.05) is 6.61 Å². The Morgan fingerprint density at radius 2 is 2.25 bits per heavy atom. The van der Waals surface area contributed by atoms with Crippen LogP contribution >= 0.6 is 0 Å². The first-order valence-corrected chi connectivity index (χ1v) is 8.38. The van der Waals surface area contributed by atoms with Gasteiger partial charge in [0.15, 0.2) is 0 Å². The zero-order valence-electron chi connectivity index (χ0n) is 13.2. The fourth-order valence-electron chi connectivity index (χ4n) is 4.52. The second kappa shape index (κ2) is 5.42. The summed E-state index contributed by atoms with van der Waals surface area (Å²) >= 11 is 0. The average Bonchev–Trinajstić information content (AvgIpc) is 2.96. The highest BCUT2D eigenvalue weighted by molar-refractivity contribution is 5.36. The summed E-state index contributed by atoms with van der Waals surface area (Å²) in [4.78, 5) is 0. The number of rotatable bonds is 3. The van der Waals surface area contributed by atoms with Crippen molar-refractivity contribution in [2.45, 2.75) is 52.9 Å². The maximum absolute atomic E-state index is 5.79. The van der Waals surface area contributed by atoms with E-state index in [9.17, 15) is 0 Å².